The van der Waals surface area contributed by atoms with E-state index in [-0.39, 0.29) is 18.1 Å². The minimum atomic E-state index is 0.0307. The fourth-order valence-electron chi connectivity index (χ4n) is 4.48. The molecule has 1 unspecified atom stereocenters. The van der Waals surface area contributed by atoms with Gasteiger partial charge >= 0.3 is 0 Å². The van der Waals surface area contributed by atoms with Crippen molar-refractivity contribution in [3.05, 3.63) is 65.5 Å². The molecule has 0 radical (unpaired) electrons. The fraction of sp³-hybridized carbons (Fsp3) is 0.533. The molecular formula is C30H46N4O2. The molecule has 6 heteroatoms. The molecule has 1 heterocycles. The van der Waals surface area contributed by atoms with Crippen LogP contribution in [0.4, 0.5) is 5.82 Å². The van der Waals surface area contributed by atoms with Gasteiger partial charge in [0.15, 0.2) is 0 Å². The second-order valence-corrected chi connectivity index (χ2v) is 9.18. The predicted octanol–water partition coefficient (Wildman–Crippen LogP) is 6.29. The number of aromatic nitrogens is 1. The standard InChI is InChI=1S/C30H46N4O2/c1-5-12-26(23(7-3)14-11-20-31)33-29-16-10-15-27(34-29)25-19-18-24(28(22-25)36-21-6-2)13-9-17-30(35)32-8-4/h10-11,14-16,18-20,26,28H,5-9,12-13,17,21-22,31H2,1-4H3,(H,32,35)(H,33,34)/b20-11-,23-14+/t26-,28?/m0/s1. The number of hydrogen-bond donors (Lipinski definition) is 3. The van der Waals surface area contributed by atoms with Gasteiger partial charge in [0, 0.05) is 32.0 Å². The van der Waals surface area contributed by atoms with Crippen LogP contribution in [0.5, 0.6) is 0 Å². The van der Waals surface area contributed by atoms with Crippen molar-refractivity contribution in [2.24, 2.45) is 5.73 Å². The first-order chi connectivity index (χ1) is 17.6. The number of carbonyl (C=O) groups is 1. The summed E-state index contributed by atoms with van der Waals surface area (Å²) in [5.41, 5.74) is 10.3. The van der Waals surface area contributed by atoms with Gasteiger partial charge in [-0.05, 0) is 80.2 Å². The van der Waals surface area contributed by atoms with Gasteiger partial charge in [0.2, 0.25) is 5.91 Å². The Bertz CT molecular complexity index is 933. The Morgan fingerprint density at radius 2 is 2.06 bits per heavy atom. The number of amides is 1. The van der Waals surface area contributed by atoms with Gasteiger partial charge in [-0.15, -0.1) is 0 Å². The average Bonchev–Trinajstić information content (AvgIpc) is 2.88. The van der Waals surface area contributed by atoms with E-state index in [4.69, 9.17) is 15.5 Å². The molecule has 1 aromatic rings. The molecule has 2 atom stereocenters. The van der Waals surface area contributed by atoms with Gasteiger partial charge in [-0.3, -0.25) is 4.79 Å². The summed E-state index contributed by atoms with van der Waals surface area (Å²) >= 11 is 0. The van der Waals surface area contributed by atoms with Gasteiger partial charge in [0.25, 0.3) is 0 Å². The molecule has 1 aliphatic rings. The quantitative estimate of drug-likeness (QED) is 0.235. The van der Waals surface area contributed by atoms with Crippen molar-refractivity contribution >= 4 is 17.3 Å². The highest BCUT2D eigenvalue weighted by atomic mass is 16.5. The molecule has 0 spiro atoms. The molecule has 0 aliphatic heterocycles. The summed E-state index contributed by atoms with van der Waals surface area (Å²) in [6.07, 6.45) is 17.0. The molecule has 0 saturated carbocycles. The van der Waals surface area contributed by atoms with Gasteiger partial charge in [-0.25, -0.2) is 4.98 Å². The first-order valence-electron chi connectivity index (χ1n) is 13.6. The maximum atomic E-state index is 11.8. The van der Waals surface area contributed by atoms with E-state index in [1.165, 1.54) is 16.7 Å². The van der Waals surface area contributed by atoms with Crippen LogP contribution in [0.2, 0.25) is 0 Å². The number of nitrogens with two attached hydrogens (primary N) is 1. The van der Waals surface area contributed by atoms with E-state index in [1.807, 2.05) is 19.1 Å². The van der Waals surface area contributed by atoms with E-state index in [0.29, 0.717) is 13.0 Å². The number of ether oxygens (including phenoxy) is 1. The summed E-state index contributed by atoms with van der Waals surface area (Å²) in [4.78, 5) is 16.8. The molecule has 0 saturated heterocycles. The maximum absolute atomic E-state index is 11.8. The second kappa shape index (κ2) is 16.7. The van der Waals surface area contributed by atoms with Gasteiger partial charge in [-0.1, -0.05) is 51.5 Å². The molecule has 1 aromatic heterocycles. The molecule has 1 amide bonds. The van der Waals surface area contributed by atoms with Crippen LogP contribution >= 0.6 is 0 Å². The molecule has 36 heavy (non-hydrogen) atoms. The molecule has 4 N–H and O–H groups in total. The first kappa shape index (κ1) is 29.4. The minimum absolute atomic E-state index is 0.0307. The SMILES string of the molecule is CCCOC1CC(c2cccc(N[C@@H](CCC)/C(=C/C=C\N)CC)n2)=CC=C1CCCC(=O)NCC. The normalized spacial score (nSPS) is 17.0. The van der Waals surface area contributed by atoms with E-state index in [1.54, 1.807) is 6.20 Å². The van der Waals surface area contributed by atoms with Crippen molar-refractivity contribution in [3.8, 4) is 0 Å². The molecule has 198 valence electrons. The highest BCUT2D eigenvalue weighted by Gasteiger charge is 2.22. The first-order valence-corrected chi connectivity index (χ1v) is 13.6. The van der Waals surface area contributed by atoms with E-state index in [2.05, 4.69) is 61.8 Å². The van der Waals surface area contributed by atoms with Crippen LogP contribution in [0.15, 0.2) is 59.8 Å². The van der Waals surface area contributed by atoms with Gasteiger partial charge in [-0.2, -0.15) is 0 Å². The summed E-state index contributed by atoms with van der Waals surface area (Å²) in [5, 5.41) is 6.53. The number of anilines is 1. The van der Waals surface area contributed by atoms with Crippen LogP contribution in [0.25, 0.3) is 5.57 Å². The third-order valence-electron chi connectivity index (χ3n) is 6.34. The van der Waals surface area contributed by atoms with Crippen molar-refractivity contribution in [3.63, 3.8) is 0 Å². The van der Waals surface area contributed by atoms with Crippen LogP contribution in [0.3, 0.4) is 0 Å². The second-order valence-electron chi connectivity index (χ2n) is 9.18. The number of hydrogen-bond acceptors (Lipinski definition) is 5. The zero-order chi connectivity index (χ0) is 26.2. The Labute approximate surface area is 218 Å². The van der Waals surface area contributed by atoms with Crippen LogP contribution in [0.1, 0.15) is 84.8 Å². The van der Waals surface area contributed by atoms with Crippen LogP contribution in [-0.2, 0) is 9.53 Å². The number of allylic oxidation sites excluding steroid dienone is 4. The lowest BCUT2D eigenvalue weighted by atomic mass is 9.90. The summed E-state index contributed by atoms with van der Waals surface area (Å²) < 4.78 is 6.23. The van der Waals surface area contributed by atoms with Gasteiger partial charge in [0.1, 0.15) is 5.82 Å². The zero-order valence-corrected chi connectivity index (χ0v) is 22.7. The van der Waals surface area contributed by atoms with Gasteiger partial charge in [0.05, 0.1) is 11.8 Å². The van der Waals surface area contributed by atoms with Crippen LogP contribution in [0, 0.1) is 0 Å². The lowest BCUT2D eigenvalue weighted by molar-refractivity contribution is -0.121. The fourth-order valence-corrected chi connectivity index (χ4v) is 4.48. The third-order valence-corrected chi connectivity index (χ3v) is 6.34. The van der Waals surface area contributed by atoms with Gasteiger partial charge < -0.3 is 21.1 Å². The Hall–Kier alpha value is -2.86. The minimum Gasteiger partial charge on any atom is -0.405 e. The zero-order valence-electron chi connectivity index (χ0n) is 22.7. The Kier molecular flexibility index (Phi) is 13.7. The lowest BCUT2D eigenvalue weighted by Crippen LogP contribution is -2.23. The van der Waals surface area contributed by atoms with Crippen molar-refractivity contribution in [2.45, 2.75) is 91.2 Å². The summed E-state index contributed by atoms with van der Waals surface area (Å²) in [7, 11) is 0. The largest absolute Gasteiger partial charge is 0.405 e. The van der Waals surface area contributed by atoms with Crippen LogP contribution < -0.4 is 16.4 Å². The van der Waals surface area contributed by atoms with E-state index in [9.17, 15) is 4.79 Å². The van der Waals surface area contributed by atoms with Crippen molar-refractivity contribution in [2.75, 3.05) is 18.5 Å². The number of carbonyl (C=O) groups excluding carboxylic acids is 1. The topological polar surface area (TPSA) is 89.3 Å². The number of nitrogens with zero attached hydrogens (tertiary/aromatic N) is 1. The number of rotatable bonds is 16. The smallest absolute Gasteiger partial charge is 0.219 e. The average molecular weight is 495 g/mol. The molecule has 0 fully saturated rings. The molecule has 0 bridgehead atoms. The van der Waals surface area contributed by atoms with Crippen molar-refractivity contribution in [1.82, 2.24) is 10.3 Å². The van der Waals surface area contributed by atoms with E-state index in [0.717, 1.165) is 63.1 Å². The van der Waals surface area contributed by atoms with Crippen LogP contribution in [-0.4, -0.2) is 36.2 Å². The Balaban J connectivity index is 2.19. The maximum Gasteiger partial charge on any atom is 0.219 e. The van der Waals surface area contributed by atoms with Crippen molar-refractivity contribution < 1.29 is 9.53 Å². The highest BCUT2D eigenvalue weighted by molar-refractivity contribution is 5.75. The Morgan fingerprint density at radius 3 is 2.75 bits per heavy atom. The number of pyridine rings is 1. The molecule has 2 rings (SSSR count). The van der Waals surface area contributed by atoms with Crippen molar-refractivity contribution in [1.29, 1.82) is 0 Å². The number of nitrogens with one attached hydrogen (secondary N) is 2. The monoisotopic (exact) mass is 494 g/mol. The molecule has 0 aromatic carbocycles. The lowest BCUT2D eigenvalue weighted by Gasteiger charge is -2.26. The molecular weight excluding hydrogens is 448 g/mol. The predicted molar refractivity (Wildman–Crippen MR) is 151 cm³/mol. The van der Waals surface area contributed by atoms with E-state index < -0.39 is 0 Å². The summed E-state index contributed by atoms with van der Waals surface area (Å²) in [6, 6.07) is 6.40. The summed E-state index contributed by atoms with van der Waals surface area (Å²) in [6.45, 7) is 9.86. The third kappa shape index (κ3) is 9.65. The van der Waals surface area contributed by atoms with E-state index >= 15 is 0 Å². The Morgan fingerprint density at radius 1 is 1.22 bits per heavy atom. The highest BCUT2D eigenvalue weighted by Crippen LogP contribution is 2.31. The molecule has 6 nitrogen and oxygen atoms in total. The summed E-state index contributed by atoms with van der Waals surface area (Å²) in [5.74, 6) is 0.997. The molecule has 1 aliphatic carbocycles.